The fourth-order valence-corrected chi connectivity index (χ4v) is 13.3. The normalized spacial score (nSPS) is 30.7. The lowest BCUT2D eigenvalue weighted by molar-refractivity contribution is -0.228. The van der Waals surface area contributed by atoms with Crippen molar-refractivity contribution in [2.24, 2.45) is 22.7 Å². The summed E-state index contributed by atoms with van der Waals surface area (Å²) in [6.45, 7) is 7.16. The minimum atomic E-state index is -1.99. The van der Waals surface area contributed by atoms with Crippen LogP contribution in [0.2, 0.25) is 0 Å². The molecule has 10 nitrogen and oxygen atoms in total. The molecule has 322 valence electrons. The SMILES string of the molecule is COc1ccc2c(c1)C1CC1(C(=O)N1C3C=CC34C(N(CCCC(C)C)Cc3ccccc3)CC14)CN1c3cc(C(=O)NC(=O)S(=O)N(C)C)ccc3C(C3CCCCC3)C21. The molecule has 7 aliphatic rings. The number of imide groups is 1. The van der Waals surface area contributed by atoms with E-state index in [4.69, 9.17) is 4.74 Å². The van der Waals surface area contributed by atoms with Crippen molar-refractivity contribution in [3.05, 3.63) is 107 Å². The number of hydrogen-bond acceptors (Lipinski definition) is 7. The van der Waals surface area contributed by atoms with Crippen LogP contribution in [0, 0.1) is 22.7 Å². The van der Waals surface area contributed by atoms with E-state index in [-0.39, 0.29) is 41.3 Å². The molecule has 9 atom stereocenters. The first-order valence-corrected chi connectivity index (χ1v) is 23.9. The number of piperidine rings is 1. The van der Waals surface area contributed by atoms with Gasteiger partial charge in [0.1, 0.15) is 5.75 Å². The average molecular weight is 844 g/mol. The van der Waals surface area contributed by atoms with Gasteiger partial charge in [-0.1, -0.05) is 87.7 Å². The van der Waals surface area contributed by atoms with E-state index in [2.05, 4.69) is 101 Å². The second-order valence-corrected chi connectivity index (χ2v) is 21.4. The third-order valence-electron chi connectivity index (χ3n) is 15.9. The smallest absolute Gasteiger partial charge is 0.331 e. The number of fused-ring (bicyclic) bond motifs is 7. The molecule has 1 saturated heterocycles. The Labute approximate surface area is 363 Å². The number of hydrogen-bond donors (Lipinski definition) is 1. The molecule has 1 spiro atoms. The zero-order valence-electron chi connectivity index (χ0n) is 36.3. The maximum absolute atomic E-state index is 15.6. The van der Waals surface area contributed by atoms with Gasteiger partial charge < -0.3 is 14.5 Å². The van der Waals surface area contributed by atoms with Crippen LogP contribution in [0.3, 0.4) is 0 Å². The summed E-state index contributed by atoms with van der Waals surface area (Å²) in [6.07, 6.45) is 14.8. The number of methoxy groups -OCH3 is 1. The molecule has 3 aromatic carbocycles. The second kappa shape index (κ2) is 15.5. The van der Waals surface area contributed by atoms with E-state index in [9.17, 15) is 13.8 Å². The fourth-order valence-electron chi connectivity index (χ4n) is 12.8. The third kappa shape index (κ3) is 6.45. The topological polar surface area (TPSA) is 102 Å². The van der Waals surface area contributed by atoms with Crippen molar-refractivity contribution in [1.82, 2.24) is 19.4 Å². The molecule has 3 aromatic rings. The van der Waals surface area contributed by atoms with Gasteiger partial charge in [-0.2, -0.15) is 0 Å². The van der Waals surface area contributed by atoms with E-state index in [0.717, 1.165) is 50.2 Å². The molecule has 3 aliphatic heterocycles. The molecule has 61 heavy (non-hydrogen) atoms. The van der Waals surface area contributed by atoms with Crippen LogP contribution in [-0.2, 0) is 22.3 Å². The molecule has 0 aromatic heterocycles. The predicted molar refractivity (Wildman–Crippen MR) is 239 cm³/mol. The summed E-state index contributed by atoms with van der Waals surface area (Å²) in [7, 11) is 2.80. The summed E-state index contributed by atoms with van der Waals surface area (Å²) < 4.78 is 19.7. The molecule has 4 aliphatic carbocycles. The van der Waals surface area contributed by atoms with E-state index in [1.165, 1.54) is 72.8 Å². The lowest BCUT2D eigenvalue weighted by Crippen LogP contribution is -2.88. The standard InChI is InChI=1S/C50H61N5O5S/c1-31(2)13-12-24-53(29-32-14-8-6-9-15-32)42-27-43-50(42)23-22-41(50)55(43)47(57)49-28-39(49)38-26-35(60-5)19-21-36(38)45-44(33-16-10-7-11-17-33)37-20-18-34(25-40(37)54(45)30-49)46(56)51-48(58)61(59)52(3)4/h6,8-9,14-15,18-23,25-26,31,33,39,41-45H,7,10-13,16-17,24,27-30H2,1-5H3,(H,51,56,58). The number of rotatable bonds is 12. The molecule has 11 heteroatoms. The summed E-state index contributed by atoms with van der Waals surface area (Å²) in [5.74, 6) is 1.89. The summed E-state index contributed by atoms with van der Waals surface area (Å²) >= 11 is 0. The Bertz CT molecular complexity index is 2290. The number of carbonyl (C=O) groups is 3. The lowest BCUT2D eigenvalue weighted by atomic mass is 9.43. The maximum atomic E-state index is 15.6. The van der Waals surface area contributed by atoms with Crippen molar-refractivity contribution in [3.63, 3.8) is 0 Å². The second-order valence-electron chi connectivity index (χ2n) is 19.8. The van der Waals surface area contributed by atoms with Gasteiger partial charge in [-0.25, -0.2) is 8.51 Å². The van der Waals surface area contributed by atoms with Crippen molar-refractivity contribution in [1.29, 1.82) is 0 Å². The van der Waals surface area contributed by atoms with E-state index >= 15 is 4.79 Å². The van der Waals surface area contributed by atoms with E-state index < -0.39 is 27.5 Å². The molecule has 0 radical (unpaired) electrons. The minimum Gasteiger partial charge on any atom is -0.497 e. The summed E-state index contributed by atoms with van der Waals surface area (Å²) in [5.41, 5.74) is 5.75. The molecule has 0 bridgehead atoms. The van der Waals surface area contributed by atoms with Crippen molar-refractivity contribution in [2.45, 2.75) is 114 Å². The van der Waals surface area contributed by atoms with E-state index in [1.54, 1.807) is 7.11 Å². The Kier molecular flexibility index (Phi) is 10.3. The van der Waals surface area contributed by atoms with E-state index in [1.807, 2.05) is 12.1 Å². The van der Waals surface area contributed by atoms with Gasteiger partial charge in [-0.05, 0) is 118 Å². The van der Waals surface area contributed by atoms with Crippen LogP contribution in [0.5, 0.6) is 5.75 Å². The van der Waals surface area contributed by atoms with Crippen LogP contribution < -0.4 is 15.0 Å². The Hall–Kier alpha value is -4.32. The number of anilines is 1. The summed E-state index contributed by atoms with van der Waals surface area (Å²) in [4.78, 5) is 49.5. The molecule has 9 unspecified atom stereocenters. The molecule has 1 N–H and O–H groups in total. The van der Waals surface area contributed by atoms with Crippen LogP contribution >= 0.6 is 0 Å². The summed E-state index contributed by atoms with van der Waals surface area (Å²) in [5, 5.41) is 1.53. The monoisotopic (exact) mass is 843 g/mol. The molecular weight excluding hydrogens is 783 g/mol. The zero-order valence-corrected chi connectivity index (χ0v) is 37.2. The third-order valence-corrected chi connectivity index (χ3v) is 17.0. The first-order valence-electron chi connectivity index (χ1n) is 22.8. The highest BCUT2D eigenvalue weighted by molar-refractivity contribution is 7.98. The predicted octanol–water partition coefficient (Wildman–Crippen LogP) is 8.33. The van der Waals surface area contributed by atoms with Gasteiger partial charge in [0, 0.05) is 53.7 Å². The van der Waals surface area contributed by atoms with Gasteiger partial charge in [-0.15, -0.1) is 0 Å². The number of ether oxygens (including phenoxy) is 1. The Morgan fingerprint density at radius 3 is 2.43 bits per heavy atom. The fraction of sp³-hybridized carbons (Fsp3) is 0.540. The highest BCUT2D eigenvalue weighted by atomic mass is 32.2. The van der Waals surface area contributed by atoms with Gasteiger partial charge in [-0.3, -0.25) is 24.6 Å². The minimum absolute atomic E-state index is 0.00205. The van der Waals surface area contributed by atoms with Crippen LogP contribution in [0.15, 0.2) is 78.9 Å². The number of nitrogens with one attached hydrogen (secondary N) is 1. The van der Waals surface area contributed by atoms with Gasteiger partial charge in [0.25, 0.3) is 5.91 Å². The molecule has 10 rings (SSSR count). The highest BCUT2D eigenvalue weighted by Gasteiger charge is 2.78. The van der Waals surface area contributed by atoms with Crippen LogP contribution in [-0.4, -0.2) is 87.8 Å². The zero-order chi connectivity index (χ0) is 42.4. The molecule has 3 amide bonds. The quantitative estimate of drug-likeness (QED) is 0.183. The molecule has 3 heterocycles. The Morgan fingerprint density at radius 1 is 0.967 bits per heavy atom. The van der Waals surface area contributed by atoms with Crippen LogP contribution in [0.25, 0.3) is 0 Å². The Balaban J connectivity index is 0.985. The molecule has 3 saturated carbocycles. The highest BCUT2D eigenvalue weighted by Crippen LogP contribution is 2.72. The number of amides is 3. The number of benzene rings is 3. The van der Waals surface area contributed by atoms with E-state index in [0.29, 0.717) is 30.0 Å². The van der Waals surface area contributed by atoms with Crippen LogP contribution in [0.4, 0.5) is 10.5 Å². The van der Waals surface area contributed by atoms with Gasteiger partial charge >= 0.3 is 5.24 Å². The average Bonchev–Trinajstić information content (AvgIpc) is 3.91. The molecular formula is C50H61N5O5S. The van der Waals surface area contributed by atoms with Gasteiger partial charge in [0.15, 0.2) is 11.0 Å². The number of carbonyl (C=O) groups excluding carboxylic acids is 3. The van der Waals surface area contributed by atoms with Crippen molar-refractivity contribution >= 4 is 33.7 Å². The number of likely N-dealkylation sites (tertiary alicyclic amines) is 1. The van der Waals surface area contributed by atoms with Crippen molar-refractivity contribution in [3.8, 4) is 5.75 Å². The van der Waals surface area contributed by atoms with Gasteiger partial charge in [0.2, 0.25) is 5.91 Å². The van der Waals surface area contributed by atoms with Crippen molar-refractivity contribution in [2.75, 3.05) is 39.2 Å². The Morgan fingerprint density at radius 2 is 1.74 bits per heavy atom. The largest absolute Gasteiger partial charge is 0.497 e. The lowest BCUT2D eigenvalue weighted by Gasteiger charge is -2.77. The first-order chi connectivity index (χ1) is 29.5. The first kappa shape index (κ1) is 40.7. The maximum Gasteiger partial charge on any atom is 0.331 e. The number of nitrogens with zero attached hydrogens (tertiary/aromatic N) is 4. The summed E-state index contributed by atoms with van der Waals surface area (Å²) in [6, 6.07) is 23.9. The molecule has 4 fully saturated rings. The van der Waals surface area contributed by atoms with Crippen LogP contribution in [0.1, 0.15) is 122 Å². The van der Waals surface area contributed by atoms with Gasteiger partial charge in [0.05, 0.1) is 24.6 Å². The van der Waals surface area contributed by atoms with Crippen molar-refractivity contribution < 1.29 is 23.3 Å².